The first kappa shape index (κ1) is 20.7. The number of methoxy groups -OCH3 is 1. The molecule has 29 heavy (non-hydrogen) atoms. The van der Waals surface area contributed by atoms with E-state index in [1.807, 2.05) is 0 Å². The first-order valence-electron chi connectivity index (χ1n) is 9.14. The normalized spacial score (nSPS) is 12.8. The number of amides is 2. The number of carbonyl (C=O) groups excluding carboxylic acids is 3. The lowest BCUT2D eigenvalue weighted by molar-refractivity contribution is -0.146. The van der Waals surface area contributed by atoms with Gasteiger partial charge in [0.1, 0.15) is 5.75 Å². The van der Waals surface area contributed by atoms with E-state index in [0.717, 1.165) is 12.8 Å². The molecule has 152 valence electrons. The van der Waals surface area contributed by atoms with Crippen molar-refractivity contribution in [2.24, 2.45) is 0 Å². The van der Waals surface area contributed by atoms with E-state index in [1.54, 1.807) is 42.5 Å². The molecule has 0 bridgehead atoms. The molecule has 0 unspecified atom stereocenters. The summed E-state index contributed by atoms with van der Waals surface area (Å²) in [5.41, 5.74) is 1.29. The van der Waals surface area contributed by atoms with Crippen molar-refractivity contribution in [1.82, 2.24) is 5.32 Å². The average molecular weight is 417 g/mol. The molecule has 0 aromatic heterocycles. The van der Waals surface area contributed by atoms with E-state index in [1.165, 1.54) is 7.11 Å². The molecule has 8 heteroatoms. The zero-order valence-electron chi connectivity index (χ0n) is 15.9. The molecule has 0 aliphatic heterocycles. The highest BCUT2D eigenvalue weighted by atomic mass is 35.5. The van der Waals surface area contributed by atoms with Crippen molar-refractivity contribution in [3.63, 3.8) is 0 Å². The molecule has 2 N–H and O–H groups in total. The molecule has 0 spiro atoms. The van der Waals surface area contributed by atoms with Crippen molar-refractivity contribution in [3.05, 3.63) is 58.6 Å². The molecular formula is C21H21ClN2O5. The number of rotatable bonds is 8. The fraction of sp³-hybridized carbons (Fsp3) is 0.286. The summed E-state index contributed by atoms with van der Waals surface area (Å²) in [4.78, 5) is 36.6. The maximum absolute atomic E-state index is 12.3. The summed E-state index contributed by atoms with van der Waals surface area (Å²) < 4.78 is 10.2. The largest absolute Gasteiger partial charge is 0.496 e. The van der Waals surface area contributed by atoms with Gasteiger partial charge in [0, 0.05) is 16.6 Å². The van der Waals surface area contributed by atoms with Crippen LogP contribution < -0.4 is 15.4 Å². The number of nitrogens with one attached hydrogen (secondary N) is 2. The van der Waals surface area contributed by atoms with E-state index in [2.05, 4.69) is 10.6 Å². The van der Waals surface area contributed by atoms with Crippen LogP contribution in [0.3, 0.4) is 0 Å². The van der Waals surface area contributed by atoms with Crippen LogP contribution in [-0.2, 0) is 20.7 Å². The van der Waals surface area contributed by atoms with Crippen LogP contribution in [0.2, 0.25) is 5.02 Å². The first-order valence-corrected chi connectivity index (χ1v) is 9.52. The lowest BCUT2D eigenvalue weighted by atomic mass is 10.1. The Morgan fingerprint density at radius 1 is 1.14 bits per heavy atom. The molecule has 0 saturated heterocycles. The van der Waals surface area contributed by atoms with E-state index in [-0.39, 0.29) is 18.4 Å². The fourth-order valence-corrected chi connectivity index (χ4v) is 2.90. The van der Waals surface area contributed by atoms with Crippen LogP contribution in [0.25, 0.3) is 0 Å². The van der Waals surface area contributed by atoms with Gasteiger partial charge < -0.3 is 20.1 Å². The van der Waals surface area contributed by atoms with Crippen molar-refractivity contribution >= 4 is 35.1 Å². The molecule has 1 saturated carbocycles. The number of hydrogen-bond donors (Lipinski definition) is 2. The molecule has 0 heterocycles. The van der Waals surface area contributed by atoms with Crippen LogP contribution in [0.5, 0.6) is 5.75 Å². The molecule has 0 radical (unpaired) electrons. The summed E-state index contributed by atoms with van der Waals surface area (Å²) in [6, 6.07) is 11.8. The Balaban J connectivity index is 1.54. The zero-order valence-corrected chi connectivity index (χ0v) is 16.6. The number of carbonyl (C=O) groups is 3. The maximum Gasteiger partial charge on any atom is 0.310 e. The Labute approximate surface area is 173 Å². The molecule has 7 nitrogen and oxygen atoms in total. The van der Waals surface area contributed by atoms with Crippen LogP contribution >= 0.6 is 11.6 Å². The van der Waals surface area contributed by atoms with Gasteiger partial charge in [-0.05, 0) is 43.2 Å². The predicted molar refractivity (Wildman–Crippen MR) is 108 cm³/mol. The molecule has 1 aliphatic carbocycles. The van der Waals surface area contributed by atoms with E-state index in [9.17, 15) is 14.4 Å². The van der Waals surface area contributed by atoms with Crippen molar-refractivity contribution in [1.29, 1.82) is 0 Å². The quantitative estimate of drug-likeness (QED) is 0.645. The van der Waals surface area contributed by atoms with Gasteiger partial charge in [-0.2, -0.15) is 0 Å². The Morgan fingerprint density at radius 3 is 2.62 bits per heavy atom. The molecular weight excluding hydrogens is 396 g/mol. The summed E-state index contributed by atoms with van der Waals surface area (Å²) in [6.45, 7) is -0.472. The number of esters is 1. The fourth-order valence-electron chi connectivity index (χ4n) is 2.71. The molecule has 3 rings (SSSR count). The topological polar surface area (TPSA) is 93.7 Å². The van der Waals surface area contributed by atoms with Crippen molar-refractivity contribution in [3.8, 4) is 5.75 Å². The number of ether oxygens (including phenoxy) is 2. The Hall–Kier alpha value is -3.06. The Kier molecular flexibility index (Phi) is 6.72. The minimum Gasteiger partial charge on any atom is -0.496 e. The van der Waals surface area contributed by atoms with Crippen molar-refractivity contribution in [2.75, 3.05) is 19.0 Å². The van der Waals surface area contributed by atoms with Gasteiger partial charge in [-0.25, -0.2) is 0 Å². The highest BCUT2D eigenvalue weighted by Gasteiger charge is 2.25. The third kappa shape index (κ3) is 5.96. The molecule has 2 aromatic carbocycles. The minimum absolute atomic E-state index is 0.0859. The summed E-state index contributed by atoms with van der Waals surface area (Å²) in [5.74, 6) is -0.872. The number of halogens is 1. The summed E-state index contributed by atoms with van der Waals surface area (Å²) in [6.07, 6.45) is 1.85. The first-order chi connectivity index (χ1) is 14.0. The lowest BCUT2D eigenvalue weighted by Crippen LogP contribution is -2.28. The Morgan fingerprint density at radius 2 is 1.90 bits per heavy atom. The second-order valence-electron chi connectivity index (χ2n) is 6.64. The molecule has 2 aromatic rings. The van der Waals surface area contributed by atoms with Crippen molar-refractivity contribution in [2.45, 2.75) is 25.3 Å². The van der Waals surface area contributed by atoms with E-state index in [4.69, 9.17) is 21.1 Å². The zero-order chi connectivity index (χ0) is 20.8. The van der Waals surface area contributed by atoms with Gasteiger partial charge in [-0.1, -0.05) is 23.7 Å². The summed E-state index contributed by atoms with van der Waals surface area (Å²) in [7, 11) is 1.49. The summed E-state index contributed by atoms with van der Waals surface area (Å²) in [5, 5.41) is 5.96. The van der Waals surface area contributed by atoms with Gasteiger partial charge in [-0.15, -0.1) is 0 Å². The van der Waals surface area contributed by atoms with Crippen LogP contribution in [-0.4, -0.2) is 37.5 Å². The van der Waals surface area contributed by atoms with Gasteiger partial charge in [-0.3, -0.25) is 14.4 Å². The molecule has 0 atom stereocenters. The van der Waals surface area contributed by atoms with Crippen LogP contribution in [0.4, 0.5) is 5.69 Å². The van der Waals surface area contributed by atoms with Gasteiger partial charge >= 0.3 is 5.97 Å². The second kappa shape index (κ2) is 9.43. The number of para-hydroxylation sites is 1. The highest BCUT2D eigenvalue weighted by molar-refractivity contribution is 6.30. The third-order valence-electron chi connectivity index (χ3n) is 4.30. The molecule has 1 fully saturated rings. The second-order valence-corrected chi connectivity index (χ2v) is 7.07. The van der Waals surface area contributed by atoms with Crippen LogP contribution in [0, 0.1) is 0 Å². The van der Waals surface area contributed by atoms with E-state index in [0.29, 0.717) is 27.6 Å². The molecule has 2 amide bonds. The highest BCUT2D eigenvalue weighted by Crippen LogP contribution is 2.24. The average Bonchev–Trinajstić information content (AvgIpc) is 3.51. The van der Waals surface area contributed by atoms with Gasteiger partial charge in [0.2, 0.25) is 0 Å². The van der Waals surface area contributed by atoms with E-state index >= 15 is 0 Å². The van der Waals surface area contributed by atoms with Crippen molar-refractivity contribution < 1.29 is 23.9 Å². The van der Waals surface area contributed by atoms with Crippen LogP contribution in [0.1, 0.15) is 28.8 Å². The van der Waals surface area contributed by atoms with Gasteiger partial charge in [0.15, 0.2) is 6.61 Å². The predicted octanol–water partition coefficient (Wildman–Crippen LogP) is 2.97. The lowest BCUT2D eigenvalue weighted by Gasteiger charge is -2.12. The van der Waals surface area contributed by atoms with Crippen LogP contribution in [0.15, 0.2) is 42.5 Å². The van der Waals surface area contributed by atoms with Gasteiger partial charge in [0.25, 0.3) is 11.8 Å². The number of anilines is 1. The van der Waals surface area contributed by atoms with E-state index < -0.39 is 18.5 Å². The number of benzene rings is 2. The minimum atomic E-state index is -0.597. The Bertz CT molecular complexity index is 927. The standard InChI is InChI=1S/C21H21ClN2O5/c1-28-18-9-6-14(22)10-13(18)11-20(26)29-12-19(25)24-17-5-3-2-4-16(17)21(27)23-15-7-8-15/h2-6,9-10,15H,7-8,11-12H2,1H3,(H,23,27)(H,24,25). The monoisotopic (exact) mass is 416 g/mol. The maximum atomic E-state index is 12.3. The smallest absolute Gasteiger partial charge is 0.310 e. The SMILES string of the molecule is COc1ccc(Cl)cc1CC(=O)OCC(=O)Nc1ccccc1C(=O)NC1CC1. The molecule has 1 aliphatic rings. The van der Waals surface area contributed by atoms with Gasteiger partial charge in [0.05, 0.1) is 24.8 Å². The third-order valence-corrected chi connectivity index (χ3v) is 4.53. The number of hydrogen-bond acceptors (Lipinski definition) is 5. The summed E-state index contributed by atoms with van der Waals surface area (Å²) >= 11 is 5.95.